The number of halogens is 1. The SMILES string of the molecule is CS/C(N)=N/N=C/c1ccc(Cl)cc1. The molecule has 0 aliphatic rings. The van der Waals surface area contributed by atoms with Gasteiger partial charge in [0.1, 0.15) is 0 Å². The fraction of sp³-hybridized carbons (Fsp3) is 0.111. The largest absolute Gasteiger partial charge is 0.377 e. The Labute approximate surface area is 92.1 Å². The lowest BCUT2D eigenvalue weighted by Gasteiger charge is -1.91. The number of thioether (sulfide) groups is 1. The Morgan fingerprint density at radius 1 is 1.43 bits per heavy atom. The van der Waals surface area contributed by atoms with E-state index in [1.54, 1.807) is 18.3 Å². The Morgan fingerprint density at radius 3 is 2.64 bits per heavy atom. The zero-order valence-electron chi connectivity index (χ0n) is 7.64. The average Bonchev–Trinajstić information content (AvgIpc) is 2.21. The van der Waals surface area contributed by atoms with Gasteiger partial charge in [0, 0.05) is 5.02 Å². The van der Waals surface area contributed by atoms with Crippen molar-refractivity contribution < 1.29 is 0 Å². The van der Waals surface area contributed by atoms with Gasteiger partial charge < -0.3 is 5.73 Å². The molecule has 0 radical (unpaired) electrons. The molecular formula is C9H10ClN3S. The van der Waals surface area contributed by atoms with Crippen LogP contribution >= 0.6 is 23.4 Å². The molecule has 0 saturated heterocycles. The van der Waals surface area contributed by atoms with Gasteiger partial charge in [-0.1, -0.05) is 35.5 Å². The van der Waals surface area contributed by atoms with Gasteiger partial charge in [0.2, 0.25) is 0 Å². The quantitative estimate of drug-likeness (QED) is 0.479. The van der Waals surface area contributed by atoms with Crippen LogP contribution in [0.5, 0.6) is 0 Å². The van der Waals surface area contributed by atoms with Crippen LogP contribution in [0.2, 0.25) is 5.02 Å². The van der Waals surface area contributed by atoms with Crippen LogP contribution in [-0.2, 0) is 0 Å². The minimum Gasteiger partial charge on any atom is -0.377 e. The highest BCUT2D eigenvalue weighted by molar-refractivity contribution is 8.13. The molecule has 1 rings (SSSR count). The Kier molecular flexibility index (Phi) is 4.49. The number of amidine groups is 1. The summed E-state index contributed by atoms with van der Waals surface area (Å²) in [5, 5.41) is 8.71. The van der Waals surface area contributed by atoms with Gasteiger partial charge >= 0.3 is 0 Å². The van der Waals surface area contributed by atoms with Gasteiger partial charge in [-0.25, -0.2) is 0 Å². The first-order valence-electron chi connectivity index (χ1n) is 3.88. The van der Waals surface area contributed by atoms with E-state index in [0.717, 1.165) is 5.56 Å². The number of hydrogen-bond acceptors (Lipinski definition) is 3. The molecule has 0 fully saturated rings. The minimum atomic E-state index is 0.440. The normalized spacial score (nSPS) is 12.3. The highest BCUT2D eigenvalue weighted by atomic mass is 35.5. The van der Waals surface area contributed by atoms with E-state index in [1.807, 2.05) is 18.4 Å². The van der Waals surface area contributed by atoms with Gasteiger partial charge in [0.15, 0.2) is 5.17 Å². The van der Waals surface area contributed by atoms with E-state index >= 15 is 0 Å². The highest BCUT2D eigenvalue weighted by Crippen LogP contribution is 2.07. The van der Waals surface area contributed by atoms with Crippen molar-refractivity contribution in [3.05, 3.63) is 34.9 Å². The maximum Gasteiger partial charge on any atom is 0.180 e. The fourth-order valence-electron chi connectivity index (χ4n) is 0.742. The van der Waals surface area contributed by atoms with E-state index in [9.17, 15) is 0 Å². The van der Waals surface area contributed by atoms with Crippen molar-refractivity contribution >= 4 is 34.7 Å². The number of nitrogens with two attached hydrogens (primary N) is 1. The van der Waals surface area contributed by atoms with Crippen LogP contribution in [0.1, 0.15) is 5.56 Å². The summed E-state index contributed by atoms with van der Waals surface area (Å²) in [6, 6.07) is 7.31. The van der Waals surface area contributed by atoms with E-state index in [2.05, 4.69) is 10.2 Å². The standard InChI is InChI=1S/C9H10ClN3S/c1-14-9(11)13-12-6-7-2-4-8(10)5-3-7/h2-6H,1H3,(H2,11,13)/b12-6+. The summed E-state index contributed by atoms with van der Waals surface area (Å²) in [5.41, 5.74) is 6.38. The van der Waals surface area contributed by atoms with Crippen molar-refractivity contribution in [3.8, 4) is 0 Å². The summed E-state index contributed by atoms with van der Waals surface area (Å²) in [5.74, 6) is 0. The molecule has 2 N–H and O–H groups in total. The van der Waals surface area contributed by atoms with Crippen LogP contribution in [0.4, 0.5) is 0 Å². The lowest BCUT2D eigenvalue weighted by Crippen LogP contribution is -2.03. The Balaban J connectivity index is 2.65. The van der Waals surface area contributed by atoms with Crippen LogP contribution in [0.15, 0.2) is 34.5 Å². The molecule has 0 heterocycles. The molecule has 1 aromatic carbocycles. The molecule has 14 heavy (non-hydrogen) atoms. The summed E-state index contributed by atoms with van der Waals surface area (Å²) in [4.78, 5) is 0. The molecule has 0 unspecified atom stereocenters. The third kappa shape index (κ3) is 3.81. The highest BCUT2D eigenvalue weighted by Gasteiger charge is 1.88. The fourth-order valence-corrected chi connectivity index (χ4v) is 0.997. The summed E-state index contributed by atoms with van der Waals surface area (Å²) in [7, 11) is 0. The van der Waals surface area contributed by atoms with Gasteiger partial charge in [-0.05, 0) is 24.0 Å². The zero-order valence-corrected chi connectivity index (χ0v) is 9.22. The van der Waals surface area contributed by atoms with Crippen molar-refractivity contribution in [2.75, 3.05) is 6.26 Å². The molecule has 5 heteroatoms. The van der Waals surface area contributed by atoms with Gasteiger partial charge in [-0.3, -0.25) is 0 Å². The van der Waals surface area contributed by atoms with Crippen LogP contribution in [0.25, 0.3) is 0 Å². The average molecular weight is 228 g/mol. The van der Waals surface area contributed by atoms with Crippen molar-refractivity contribution in [1.29, 1.82) is 0 Å². The van der Waals surface area contributed by atoms with Crippen LogP contribution in [0.3, 0.4) is 0 Å². The minimum absolute atomic E-state index is 0.440. The van der Waals surface area contributed by atoms with E-state index in [-0.39, 0.29) is 0 Å². The van der Waals surface area contributed by atoms with E-state index < -0.39 is 0 Å². The number of rotatable bonds is 2. The lowest BCUT2D eigenvalue weighted by molar-refractivity contribution is 1.25. The van der Waals surface area contributed by atoms with Gasteiger partial charge in [0.05, 0.1) is 6.21 Å². The van der Waals surface area contributed by atoms with Crippen molar-refractivity contribution in [2.24, 2.45) is 15.9 Å². The van der Waals surface area contributed by atoms with E-state index in [0.29, 0.717) is 10.2 Å². The molecule has 3 nitrogen and oxygen atoms in total. The first-order chi connectivity index (χ1) is 6.72. The monoisotopic (exact) mass is 227 g/mol. The second-order valence-corrected chi connectivity index (χ2v) is 3.70. The first kappa shape index (κ1) is 11.1. The van der Waals surface area contributed by atoms with E-state index in [1.165, 1.54) is 11.8 Å². The number of hydrogen-bond donors (Lipinski definition) is 1. The molecule has 0 atom stereocenters. The molecule has 0 aliphatic carbocycles. The maximum absolute atomic E-state index is 5.72. The smallest absolute Gasteiger partial charge is 0.180 e. The molecule has 1 aromatic rings. The number of benzene rings is 1. The van der Waals surface area contributed by atoms with Gasteiger partial charge in [-0.15, -0.1) is 5.10 Å². The third-order valence-electron chi connectivity index (χ3n) is 1.44. The molecule has 0 aromatic heterocycles. The molecule has 0 aliphatic heterocycles. The Bertz CT molecular complexity index is 346. The summed E-state index contributed by atoms with van der Waals surface area (Å²) < 4.78 is 0. The summed E-state index contributed by atoms with van der Waals surface area (Å²) in [6.45, 7) is 0. The second kappa shape index (κ2) is 5.67. The molecule has 0 bridgehead atoms. The maximum atomic E-state index is 5.72. The van der Waals surface area contributed by atoms with Crippen LogP contribution < -0.4 is 5.73 Å². The zero-order chi connectivity index (χ0) is 10.4. The van der Waals surface area contributed by atoms with Crippen LogP contribution in [-0.4, -0.2) is 17.6 Å². The third-order valence-corrected chi connectivity index (χ3v) is 2.19. The first-order valence-corrected chi connectivity index (χ1v) is 5.48. The number of nitrogens with zero attached hydrogens (tertiary/aromatic N) is 2. The molecule has 0 saturated carbocycles. The van der Waals surface area contributed by atoms with Crippen molar-refractivity contribution in [1.82, 2.24) is 0 Å². The summed E-state index contributed by atoms with van der Waals surface area (Å²) in [6.07, 6.45) is 3.47. The van der Waals surface area contributed by atoms with Crippen LogP contribution in [0, 0.1) is 0 Å². The Hall–Kier alpha value is -1.00. The second-order valence-electron chi connectivity index (χ2n) is 2.44. The molecular weight excluding hydrogens is 218 g/mol. The lowest BCUT2D eigenvalue weighted by atomic mass is 10.2. The predicted octanol–water partition coefficient (Wildman–Crippen LogP) is 2.35. The van der Waals surface area contributed by atoms with E-state index in [4.69, 9.17) is 17.3 Å². The van der Waals surface area contributed by atoms with Crippen molar-refractivity contribution in [3.63, 3.8) is 0 Å². The van der Waals surface area contributed by atoms with Gasteiger partial charge in [0.25, 0.3) is 0 Å². The topological polar surface area (TPSA) is 50.7 Å². The molecule has 0 spiro atoms. The Morgan fingerprint density at radius 2 is 2.07 bits per heavy atom. The molecule has 0 amide bonds. The van der Waals surface area contributed by atoms with Crippen molar-refractivity contribution in [2.45, 2.75) is 0 Å². The molecule has 74 valence electrons. The predicted molar refractivity (Wildman–Crippen MR) is 64.2 cm³/mol. The van der Waals surface area contributed by atoms with Gasteiger partial charge in [-0.2, -0.15) is 5.10 Å². The summed E-state index contributed by atoms with van der Waals surface area (Å²) >= 11 is 7.08.